The first kappa shape index (κ1) is 13.9. The molecule has 0 radical (unpaired) electrons. The highest BCUT2D eigenvalue weighted by Crippen LogP contribution is 2.36. The second kappa shape index (κ2) is 5.61. The zero-order chi connectivity index (χ0) is 13.3. The minimum absolute atomic E-state index is 0.209. The van der Waals surface area contributed by atoms with Gasteiger partial charge in [0.1, 0.15) is 5.75 Å². The first-order valence-electron chi connectivity index (χ1n) is 5.37. The summed E-state index contributed by atoms with van der Waals surface area (Å²) in [6.07, 6.45) is 0. The highest BCUT2D eigenvalue weighted by Gasteiger charge is 2.18. The summed E-state index contributed by atoms with van der Waals surface area (Å²) < 4.78 is 6.42. The van der Waals surface area contributed by atoms with E-state index >= 15 is 0 Å². The molecule has 0 aliphatic rings. The van der Waals surface area contributed by atoms with Crippen LogP contribution in [0, 0.1) is 6.92 Å². The molecular formula is C13H13BrClNOS. The first-order valence-corrected chi connectivity index (χ1v) is 7.36. The molecule has 0 saturated heterocycles. The molecule has 1 atom stereocenters. The monoisotopic (exact) mass is 345 g/mol. The fourth-order valence-electron chi connectivity index (χ4n) is 1.88. The maximum atomic E-state index is 6.32. The van der Waals surface area contributed by atoms with Crippen molar-refractivity contribution in [1.82, 2.24) is 0 Å². The standard InChI is InChI=1S/C13H13BrClNOS/c1-7-10(6-12(14)18-7)13(16)9-4-3-8(15)5-11(9)17-2/h3-6,13H,16H2,1-2H3. The molecule has 1 heterocycles. The lowest BCUT2D eigenvalue weighted by molar-refractivity contribution is 0.408. The van der Waals surface area contributed by atoms with E-state index in [1.807, 2.05) is 12.1 Å². The van der Waals surface area contributed by atoms with Gasteiger partial charge in [0.25, 0.3) is 0 Å². The van der Waals surface area contributed by atoms with Gasteiger partial charge >= 0.3 is 0 Å². The zero-order valence-electron chi connectivity index (χ0n) is 10.0. The minimum Gasteiger partial charge on any atom is -0.496 e. The number of rotatable bonds is 3. The van der Waals surface area contributed by atoms with Crippen LogP contribution in [0.5, 0.6) is 5.75 Å². The summed E-state index contributed by atoms with van der Waals surface area (Å²) in [5.41, 5.74) is 8.36. The molecule has 96 valence electrons. The predicted molar refractivity (Wildman–Crippen MR) is 80.8 cm³/mol. The molecule has 0 amide bonds. The summed E-state index contributed by atoms with van der Waals surface area (Å²) in [7, 11) is 1.62. The van der Waals surface area contributed by atoms with Crippen molar-refractivity contribution in [2.45, 2.75) is 13.0 Å². The van der Waals surface area contributed by atoms with Crippen LogP contribution in [0.15, 0.2) is 28.1 Å². The van der Waals surface area contributed by atoms with Gasteiger partial charge in [0.05, 0.1) is 16.9 Å². The summed E-state index contributed by atoms with van der Waals surface area (Å²) >= 11 is 11.1. The molecule has 1 aromatic heterocycles. The largest absolute Gasteiger partial charge is 0.496 e. The number of benzene rings is 1. The number of nitrogens with two attached hydrogens (primary N) is 1. The van der Waals surface area contributed by atoms with E-state index in [1.54, 1.807) is 24.5 Å². The Balaban J connectivity index is 2.45. The number of methoxy groups -OCH3 is 1. The summed E-state index contributed by atoms with van der Waals surface area (Å²) in [5, 5.41) is 0.644. The van der Waals surface area contributed by atoms with Crippen LogP contribution in [-0.2, 0) is 0 Å². The van der Waals surface area contributed by atoms with Gasteiger partial charge in [-0.2, -0.15) is 0 Å². The number of thiophene rings is 1. The molecule has 0 spiro atoms. The number of ether oxygens (including phenoxy) is 1. The highest BCUT2D eigenvalue weighted by molar-refractivity contribution is 9.11. The Bertz CT molecular complexity index is 570. The van der Waals surface area contributed by atoms with E-state index in [9.17, 15) is 0 Å². The molecule has 0 aliphatic carbocycles. The van der Waals surface area contributed by atoms with Crippen LogP contribution in [0.4, 0.5) is 0 Å². The van der Waals surface area contributed by atoms with Gasteiger partial charge in [-0.25, -0.2) is 0 Å². The molecule has 1 aromatic carbocycles. The molecule has 0 fully saturated rings. The van der Waals surface area contributed by atoms with Gasteiger partial charge in [-0.1, -0.05) is 17.7 Å². The van der Waals surface area contributed by atoms with E-state index in [1.165, 1.54) is 4.88 Å². The van der Waals surface area contributed by atoms with Crippen molar-refractivity contribution < 1.29 is 4.74 Å². The molecule has 0 aliphatic heterocycles. The molecule has 2 nitrogen and oxygen atoms in total. The van der Waals surface area contributed by atoms with E-state index in [4.69, 9.17) is 22.1 Å². The molecule has 0 bridgehead atoms. The molecule has 18 heavy (non-hydrogen) atoms. The van der Waals surface area contributed by atoms with Crippen LogP contribution < -0.4 is 10.5 Å². The van der Waals surface area contributed by atoms with Crippen molar-refractivity contribution in [3.05, 3.63) is 49.1 Å². The third kappa shape index (κ3) is 2.72. The van der Waals surface area contributed by atoms with Gasteiger partial charge in [0.2, 0.25) is 0 Å². The van der Waals surface area contributed by atoms with Crippen molar-refractivity contribution in [1.29, 1.82) is 0 Å². The highest BCUT2D eigenvalue weighted by atomic mass is 79.9. The van der Waals surface area contributed by atoms with E-state index in [0.29, 0.717) is 5.02 Å². The summed E-state index contributed by atoms with van der Waals surface area (Å²) in [6.45, 7) is 2.06. The number of aryl methyl sites for hydroxylation is 1. The second-order valence-electron chi connectivity index (χ2n) is 3.93. The Morgan fingerprint density at radius 3 is 2.61 bits per heavy atom. The quantitative estimate of drug-likeness (QED) is 0.886. The fraction of sp³-hybridized carbons (Fsp3) is 0.231. The molecular weight excluding hydrogens is 334 g/mol. The summed E-state index contributed by atoms with van der Waals surface area (Å²) in [5.74, 6) is 0.719. The third-order valence-corrected chi connectivity index (χ3v) is 4.60. The van der Waals surface area contributed by atoms with Gasteiger partial charge in [-0.05, 0) is 46.6 Å². The second-order valence-corrected chi connectivity index (χ2v) is 7.00. The van der Waals surface area contributed by atoms with Crippen molar-refractivity contribution in [2.75, 3.05) is 7.11 Å². The summed E-state index contributed by atoms with van der Waals surface area (Å²) in [6, 6.07) is 7.37. The van der Waals surface area contributed by atoms with Crippen LogP contribution in [0.3, 0.4) is 0 Å². The van der Waals surface area contributed by atoms with Crippen molar-refractivity contribution in [3.8, 4) is 5.75 Å². The SMILES string of the molecule is COc1cc(Cl)ccc1C(N)c1cc(Br)sc1C. The van der Waals surface area contributed by atoms with Gasteiger partial charge in [0.15, 0.2) is 0 Å². The number of hydrogen-bond acceptors (Lipinski definition) is 3. The van der Waals surface area contributed by atoms with Crippen molar-refractivity contribution in [2.24, 2.45) is 5.73 Å². The van der Waals surface area contributed by atoms with E-state index in [-0.39, 0.29) is 6.04 Å². The summed E-state index contributed by atoms with van der Waals surface area (Å²) in [4.78, 5) is 1.20. The number of halogens is 2. The lowest BCUT2D eigenvalue weighted by Crippen LogP contribution is -2.13. The Morgan fingerprint density at radius 1 is 1.33 bits per heavy atom. The Morgan fingerprint density at radius 2 is 2.06 bits per heavy atom. The maximum absolute atomic E-state index is 6.32. The van der Waals surface area contributed by atoms with Crippen LogP contribution in [0.1, 0.15) is 22.0 Å². The lowest BCUT2D eigenvalue weighted by Gasteiger charge is -2.16. The molecule has 2 N–H and O–H groups in total. The lowest BCUT2D eigenvalue weighted by atomic mass is 9.99. The normalized spacial score (nSPS) is 12.5. The van der Waals surface area contributed by atoms with E-state index in [0.717, 1.165) is 20.7 Å². The first-order chi connectivity index (χ1) is 8.52. The Hall–Kier alpha value is -0.550. The zero-order valence-corrected chi connectivity index (χ0v) is 13.2. The van der Waals surface area contributed by atoms with Gasteiger partial charge in [-0.15, -0.1) is 11.3 Å². The smallest absolute Gasteiger partial charge is 0.125 e. The van der Waals surface area contributed by atoms with Gasteiger partial charge < -0.3 is 10.5 Å². The third-order valence-electron chi connectivity index (χ3n) is 2.79. The fourth-order valence-corrected chi connectivity index (χ4v) is 3.80. The molecule has 5 heteroatoms. The molecule has 2 aromatic rings. The van der Waals surface area contributed by atoms with Gasteiger partial charge in [0, 0.05) is 15.5 Å². The Kier molecular flexibility index (Phi) is 4.33. The Labute approximate surface area is 124 Å². The minimum atomic E-state index is -0.209. The average Bonchev–Trinajstić information content (AvgIpc) is 2.67. The van der Waals surface area contributed by atoms with Crippen molar-refractivity contribution in [3.63, 3.8) is 0 Å². The van der Waals surface area contributed by atoms with Crippen LogP contribution in [-0.4, -0.2) is 7.11 Å². The van der Waals surface area contributed by atoms with E-state index in [2.05, 4.69) is 28.9 Å². The van der Waals surface area contributed by atoms with E-state index < -0.39 is 0 Å². The van der Waals surface area contributed by atoms with Crippen molar-refractivity contribution >= 4 is 38.9 Å². The molecule has 1 unspecified atom stereocenters. The van der Waals surface area contributed by atoms with Crippen LogP contribution in [0.2, 0.25) is 5.02 Å². The van der Waals surface area contributed by atoms with Crippen LogP contribution >= 0.6 is 38.9 Å². The topological polar surface area (TPSA) is 35.2 Å². The molecule has 0 saturated carbocycles. The molecule has 2 rings (SSSR count). The van der Waals surface area contributed by atoms with Crippen LogP contribution in [0.25, 0.3) is 0 Å². The maximum Gasteiger partial charge on any atom is 0.125 e. The number of hydrogen-bond donors (Lipinski definition) is 1. The predicted octanol–water partition coefficient (Wildman–Crippen LogP) is 4.53. The van der Waals surface area contributed by atoms with Gasteiger partial charge in [-0.3, -0.25) is 0 Å². The average molecular weight is 347 g/mol.